The molecule has 9 aromatic rings. The number of hydrogen-bond acceptors (Lipinski definition) is 6. The molecule has 2 aromatic heterocycles. The van der Waals surface area contributed by atoms with Gasteiger partial charge in [-0.3, -0.25) is 0 Å². The fraction of sp³-hybridized carbons (Fsp3) is 0.0588. The van der Waals surface area contributed by atoms with E-state index in [9.17, 15) is 0 Å². The van der Waals surface area contributed by atoms with Crippen LogP contribution in [0, 0.1) is 0 Å². The number of nitrogens with zero attached hydrogens (tertiary/aromatic N) is 6. The van der Waals surface area contributed by atoms with Crippen molar-refractivity contribution < 1.29 is 0 Å². The third kappa shape index (κ3) is 7.75. The van der Waals surface area contributed by atoms with Crippen molar-refractivity contribution in [2.24, 2.45) is 0 Å². The second-order valence-corrected chi connectivity index (χ2v) is 13.9. The van der Waals surface area contributed by atoms with E-state index in [4.69, 9.17) is 29.9 Å². The summed E-state index contributed by atoms with van der Waals surface area (Å²) in [6.07, 6.45) is 1.99. The van der Waals surface area contributed by atoms with Gasteiger partial charge >= 0.3 is 0 Å². The van der Waals surface area contributed by atoms with E-state index in [0.717, 1.165) is 62.9 Å². The van der Waals surface area contributed by atoms with E-state index in [0.29, 0.717) is 34.9 Å². The third-order valence-corrected chi connectivity index (χ3v) is 9.91. The maximum atomic E-state index is 5.01. The van der Waals surface area contributed by atoms with E-state index in [1.807, 2.05) is 121 Å². The van der Waals surface area contributed by atoms with Crippen LogP contribution in [0.3, 0.4) is 0 Å². The minimum absolute atomic E-state index is 0.627. The van der Waals surface area contributed by atoms with Gasteiger partial charge in [-0.05, 0) is 52.4 Å². The summed E-state index contributed by atoms with van der Waals surface area (Å²) in [5.74, 6) is 3.82. The van der Waals surface area contributed by atoms with Gasteiger partial charge in [-0.1, -0.05) is 183 Å². The Morgan fingerprint density at radius 1 is 0.281 bits per heavy atom. The molecule has 0 amide bonds. The topological polar surface area (TPSA) is 77.3 Å². The van der Waals surface area contributed by atoms with E-state index in [1.165, 1.54) is 11.1 Å². The van der Waals surface area contributed by atoms with Gasteiger partial charge in [-0.15, -0.1) is 0 Å². The lowest BCUT2D eigenvalue weighted by molar-refractivity contribution is 0.924. The van der Waals surface area contributed by atoms with Gasteiger partial charge in [-0.2, -0.15) is 0 Å². The Balaban J connectivity index is 1.12. The monoisotopic (exact) mass is 734 g/mol. The lowest BCUT2D eigenvalue weighted by Gasteiger charge is -2.14. The third-order valence-electron chi connectivity index (χ3n) is 9.91. The highest BCUT2D eigenvalue weighted by molar-refractivity contribution is 5.80. The van der Waals surface area contributed by atoms with Crippen molar-refractivity contribution in [2.75, 3.05) is 0 Å². The summed E-state index contributed by atoms with van der Waals surface area (Å²) in [6, 6.07) is 64.1. The lowest BCUT2D eigenvalue weighted by Crippen LogP contribution is -2.00. The zero-order valence-corrected chi connectivity index (χ0v) is 31.5. The van der Waals surface area contributed by atoms with E-state index >= 15 is 0 Å². The first-order chi connectivity index (χ1) is 28.2. The molecule has 57 heavy (non-hydrogen) atoms. The SMILES string of the molecule is CCCc1ccc(-c2cccc(-c3nc(-c4ccccc4)nc(-c4ccccc4)n3)c2)cc1-c1cccc(-c2nc(-c3ccccc3)nc(-c3ccccc3)n2)c1. The Hall–Kier alpha value is -7.44. The molecule has 0 aliphatic rings. The first kappa shape index (κ1) is 35.3. The maximum absolute atomic E-state index is 5.01. The Morgan fingerprint density at radius 3 is 1.00 bits per heavy atom. The van der Waals surface area contributed by atoms with Gasteiger partial charge in [0.05, 0.1) is 0 Å². The van der Waals surface area contributed by atoms with Gasteiger partial charge in [0.2, 0.25) is 0 Å². The fourth-order valence-electron chi connectivity index (χ4n) is 7.05. The molecular weight excluding hydrogens is 697 g/mol. The molecule has 0 atom stereocenters. The quantitative estimate of drug-likeness (QED) is 0.139. The van der Waals surface area contributed by atoms with Crippen LogP contribution in [0.25, 0.3) is 90.6 Å². The summed E-state index contributed by atoms with van der Waals surface area (Å²) >= 11 is 0. The van der Waals surface area contributed by atoms with E-state index in [-0.39, 0.29) is 0 Å². The van der Waals surface area contributed by atoms with Crippen LogP contribution < -0.4 is 0 Å². The predicted octanol–water partition coefficient (Wildman–Crippen LogP) is 12.3. The molecule has 6 heteroatoms. The average Bonchev–Trinajstić information content (AvgIpc) is 3.30. The van der Waals surface area contributed by atoms with Crippen LogP contribution in [0.2, 0.25) is 0 Å². The molecule has 7 aromatic carbocycles. The second kappa shape index (κ2) is 16.1. The van der Waals surface area contributed by atoms with Crippen LogP contribution in [-0.4, -0.2) is 29.9 Å². The van der Waals surface area contributed by atoms with Gasteiger partial charge in [0.1, 0.15) is 0 Å². The van der Waals surface area contributed by atoms with Crippen LogP contribution >= 0.6 is 0 Å². The molecule has 0 fully saturated rings. The summed E-state index contributed by atoms with van der Waals surface area (Å²) in [4.78, 5) is 29.8. The van der Waals surface area contributed by atoms with Gasteiger partial charge in [0, 0.05) is 33.4 Å². The Morgan fingerprint density at radius 2 is 0.596 bits per heavy atom. The zero-order chi connectivity index (χ0) is 38.4. The molecule has 0 N–H and O–H groups in total. The minimum atomic E-state index is 0.627. The summed E-state index contributed by atoms with van der Waals surface area (Å²) in [5.41, 5.74) is 11.4. The van der Waals surface area contributed by atoms with Crippen molar-refractivity contribution in [3.05, 3.63) is 194 Å². The Labute approximate surface area is 332 Å². The first-order valence-corrected chi connectivity index (χ1v) is 19.3. The van der Waals surface area contributed by atoms with E-state index in [1.54, 1.807) is 0 Å². The zero-order valence-electron chi connectivity index (χ0n) is 31.5. The smallest absolute Gasteiger partial charge is 0.164 e. The van der Waals surface area contributed by atoms with E-state index in [2.05, 4.69) is 73.7 Å². The van der Waals surface area contributed by atoms with Gasteiger partial charge in [0.25, 0.3) is 0 Å². The van der Waals surface area contributed by atoms with Crippen molar-refractivity contribution >= 4 is 0 Å². The van der Waals surface area contributed by atoms with Gasteiger partial charge in [0.15, 0.2) is 34.9 Å². The molecule has 0 saturated heterocycles. The number of aryl methyl sites for hydroxylation is 1. The molecule has 9 rings (SSSR count). The van der Waals surface area contributed by atoms with Crippen molar-refractivity contribution in [2.45, 2.75) is 19.8 Å². The molecular formula is C51H38N6. The molecule has 0 radical (unpaired) electrons. The standard InChI is InChI=1S/C51H38N6/c1-2-17-35-30-31-41(40-26-15-28-43(32-40)50-54-46(36-18-7-3-8-19-36)52-47(55-50)37-20-9-4-10-21-37)34-45(35)42-27-16-29-44(33-42)51-56-48(38-22-11-5-12-23-38)53-49(57-51)39-24-13-6-14-25-39/h3-16,18-34H,2,17H2,1H3. The molecule has 0 spiro atoms. The summed E-state index contributed by atoms with van der Waals surface area (Å²) < 4.78 is 0. The van der Waals surface area contributed by atoms with Crippen molar-refractivity contribution in [3.63, 3.8) is 0 Å². The van der Waals surface area contributed by atoms with Crippen LogP contribution in [0.4, 0.5) is 0 Å². The van der Waals surface area contributed by atoms with Crippen molar-refractivity contribution in [1.82, 2.24) is 29.9 Å². The Bertz CT molecular complexity index is 2670. The number of rotatable bonds is 10. The highest BCUT2D eigenvalue weighted by Gasteiger charge is 2.16. The summed E-state index contributed by atoms with van der Waals surface area (Å²) in [7, 11) is 0. The van der Waals surface area contributed by atoms with Crippen LogP contribution in [-0.2, 0) is 6.42 Å². The molecule has 0 saturated carbocycles. The van der Waals surface area contributed by atoms with Gasteiger partial charge in [-0.25, -0.2) is 29.9 Å². The Kier molecular flexibility index (Phi) is 9.97. The molecule has 6 nitrogen and oxygen atoms in total. The molecule has 0 aliphatic heterocycles. The van der Waals surface area contributed by atoms with Crippen LogP contribution in [0.1, 0.15) is 18.9 Å². The summed E-state index contributed by atoms with van der Waals surface area (Å²) in [5, 5.41) is 0. The molecule has 0 aliphatic carbocycles. The largest absolute Gasteiger partial charge is 0.208 e. The molecule has 0 bridgehead atoms. The van der Waals surface area contributed by atoms with Crippen molar-refractivity contribution in [1.29, 1.82) is 0 Å². The fourth-order valence-corrected chi connectivity index (χ4v) is 7.05. The van der Waals surface area contributed by atoms with Crippen LogP contribution in [0.5, 0.6) is 0 Å². The first-order valence-electron chi connectivity index (χ1n) is 19.3. The molecule has 2 heterocycles. The normalized spacial score (nSPS) is 11.0. The number of benzene rings is 7. The number of hydrogen-bond donors (Lipinski definition) is 0. The highest BCUT2D eigenvalue weighted by atomic mass is 15.0. The molecule has 272 valence electrons. The minimum Gasteiger partial charge on any atom is -0.208 e. The highest BCUT2D eigenvalue weighted by Crippen LogP contribution is 2.35. The van der Waals surface area contributed by atoms with E-state index < -0.39 is 0 Å². The molecule has 0 unspecified atom stereocenters. The maximum Gasteiger partial charge on any atom is 0.164 e. The predicted molar refractivity (Wildman–Crippen MR) is 231 cm³/mol. The van der Waals surface area contributed by atoms with Crippen LogP contribution in [0.15, 0.2) is 188 Å². The summed E-state index contributed by atoms with van der Waals surface area (Å²) in [6.45, 7) is 2.22. The second-order valence-electron chi connectivity index (χ2n) is 13.9. The van der Waals surface area contributed by atoms with Gasteiger partial charge < -0.3 is 0 Å². The number of aromatic nitrogens is 6. The average molecular weight is 735 g/mol. The lowest BCUT2D eigenvalue weighted by atomic mass is 9.91. The van der Waals surface area contributed by atoms with Crippen molar-refractivity contribution in [3.8, 4) is 90.6 Å².